The summed E-state index contributed by atoms with van der Waals surface area (Å²) in [7, 11) is 1.82. The van der Waals surface area contributed by atoms with Gasteiger partial charge >= 0.3 is 0 Å². The van der Waals surface area contributed by atoms with E-state index in [0.717, 1.165) is 34.1 Å². The van der Waals surface area contributed by atoms with Crippen molar-refractivity contribution in [2.24, 2.45) is 13.0 Å². The lowest BCUT2D eigenvalue weighted by Crippen LogP contribution is -2.20. The van der Waals surface area contributed by atoms with E-state index in [2.05, 4.69) is 11.9 Å². The van der Waals surface area contributed by atoms with Crippen LogP contribution in [0.4, 0.5) is 0 Å². The summed E-state index contributed by atoms with van der Waals surface area (Å²) in [5.41, 5.74) is 1.39. The van der Waals surface area contributed by atoms with E-state index < -0.39 is 0 Å². The molecule has 0 saturated carbocycles. The number of rotatable bonds is 1. The van der Waals surface area contributed by atoms with Crippen molar-refractivity contribution >= 4 is 33.3 Å². The van der Waals surface area contributed by atoms with Gasteiger partial charge in [0.2, 0.25) is 0 Å². The fraction of sp³-hybridized carbons (Fsp3) is 0.538. The Morgan fingerprint density at radius 3 is 3.00 bits per heavy atom. The average molecular weight is 280 g/mol. The molecule has 0 bridgehead atoms. The average Bonchev–Trinajstić information content (AvgIpc) is 2.70. The van der Waals surface area contributed by atoms with Crippen molar-refractivity contribution in [3.63, 3.8) is 0 Å². The zero-order valence-corrected chi connectivity index (χ0v) is 12.5. The number of hydrogen-bond donors (Lipinski definition) is 0. The van der Waals surface area contributed by atoms with Gasteiger partial charge in [0.25, 0.3) is 5.56 Å². The highest BCUT2D eigenvalue weighted by Crippen LogP contribution is 2.36. The number of fused-ring (bicyclic) bond motifs is 3. The van der Waals surface area contributed by atoms with E-state index in [1.54, 1.807) is 15.9 Å². The Kier molecular flexibility index (Phi) is 2.98. The topological polar surface area (TPSA) is 34.9 Å². The summed E-state index contributed by atoms with van der Waals surface area (Å²) in [6.45, 7) is 2.28. The molecule has 2 heterocycles. The Balaban J connectivity index is 2.33. The van der Waals surface area contributed by atoms with Gasteiger partial charge in [-0.1, -0.05) is 18.7 Å². The summed E-state index contributed by atoms with van der Waals surface area (Å²) in [4.78, 5) is 19.4. The van der Waals surface area contributed by atoms with Gasteiger partial charge in [0, 0.05) is 11.9 Å². The number of nitrogens with zero attached hydrogens (tertiary/aromatic N) is 2. The van der Waals surface area contributed by atoms with Crippen LogP contribution < -0.4 is 5.56 Å². The van der Waals surface area contributed by atoms with Crippen molar-refractivity contribution < 1.29 is 0 Å². The molecule has 0 fully saturated rings. The summed E-state index contributed by atoms with van der Waals surface area (Å²) < 4.78 is 1.68. The molecule has 3 rings (SSSR count). The maximum Gasteiger partial charge on any atom is 0.262 e. The van der Waals surface area contributed by atoms with Crippen LogP contribution in [-0.2, 0) is 19.9 Å². The minimum absolute atomic E-state index is 0.122. The Labute approximate surface area is 114 Å². The normalized spacial score (nSPS) is 19.2. The molecule has 18 heavy (non-hydrogen) atoms. The Hall–Kier alpha value is -0.810. The largest absolute Gasteiger partial charge is 0.290 e. The summed E-state index contributed by atoms with van der Waals surface area (Å²) in [6.07, 6.45) is 5.29. The molecule has 1 aliphatic carbocycles. The van der Waals surface area contributed by atoms with Crippen molar-refractivity contribution in [1.82, 2.24) is 9.55 Å². The van der Waals surface area contributed by atoms with Crippen molar-refractivity contribution in [3.8, 4) is 0 Å². The first-order valence-electron chi connectivity index (χ1n) is 6.17. The maximum atomic E-state index is 12.4. The standard InChI is InChI=1S/C13H16N2OS2/c1-7-4-5-8-9(6-7)18-11-10(8)12(16)15(2)13(14-11)17-3/h7H,4-6H2,1-3H3/t7-/m0/s1. The van der Waals surface area contributed by atoms with E-state index >= 15 is 0 Å². The number of thioether (sulfide) groups is 1. The van der Waals surface area contributed by atoms with Gasteiger partial charge in [0.1, 0.15) is 4.83 Å². The first kappa shape index (κ1) is 12.2. The SMILES string of the molecule is CSc1nc2sc3c(c2c(=O)n1C)CC[C@H](C)C3. The molecule has 0 aliphatic heterocycles. The minimum atomic E-state index is 0.122. The molecular weight excluding hydrogens is 264 g/mol. The molecule has 0 N–H and O–H groups in total. The molecule has 0 spiro atoms. The van der Waals surface area contributed by atoms with Crippen LogP contribution in [0.25, 0.3) is 10.2 Å². The molecule has 3 nitrogen and oxygen atoms in total. The second-order valence-electron chi connectivity index (χ2n) is 4.99. The maximum absolute atomic E-state index is 12.4. The minimum Gasteiger partial charge on any atom is -0.290 e. The summed E-state index contributed by atoms with van der Waals surface area (Å²) in [6, 6.07) is 0. The summed E-state index contributed by atoms with van der Waals surface area (Å²) in [5, 5.41) is 1.68. The molecule has 1 atom stereocenters. The quantitative estimate of drug-likeness (QED) is 0.595. The predicted octanol–water partition coefficient (Wildman–Crippen LogP) is 2.84. The molecule has 0 unspecified atom stereocenters. The van der Waals surface area contributed by atoms with E-state index in [9.17, 15) is 4.79 Å². The molecule has 5 heteroatoms. The van der Waals surface area contributed by atoms with Crippen LogP contribution in [0.3, 0.4) is 0 Å². The van der Waals surface area contributed by atoms with Gasteiger partial charge in [-0.3, -0.25) is 9.36 Å². The lowest BCUT2D eigenvalue weighted by atomic mass is 9.89. The van der Waals surface area contributed by atoms with Crippen LogP contribution in [-0.4, -0.2) is 15.8 Å². The second-order valence-corrected chi connectivity index (χ2v) is 6.85. The Bertz CT molecular complexity index is 672. The van der Waals surface area contributed by atoms with Crippen molar-refractivity contribution in [3.05, 3.63) is 20.8 Å². The molecule has 0 saturated heterocycles. The van der Waals surface area contributed by atoms with Crippen LogP contribution in [0, 0.1) is 5.92 Å². The van der Waals surface area contributed by atoms with Gasteiger partial charge in [0.05, 0.1) is 5.39 Å². The van der Waals surface area contributed by atoms with E-state index in [0.29, 0.717) is 0 Å². The lowest BCUT2D eigenvalue weighted by molar-refractivity contribution is 0.509. The molecule has 0 radical (unpaired) electrons. The zero-order chi connectivity index (χ0) is 12.9. The summed E-state index contributed by atoms with van der Waals surface area (Å²) in [5.74, 6) is 0.731. The van der Waals surface area contributed by atoms with E-state index in [-0.39, 0.29) is 5.56 Å². The van der Waals surface area contributed by atoms with Crippen molar-refractivity contribution in [2.45, 2.75) is 31.3 Å². The Morgan fingerprint density at radius 2 is 2.28 bits per heavy atom. The fourth-order valence-electron chi connectivity index (χ4n) is 2.63. The highest BCUT2D eigenvalue weighted by molar-refractivity contribution is 7.98. The molecule has 2 aromatic heterocycles. The van der Waals surface area contributed by atoms with Gasteiger partial charge in [-0.25, -0.2) is 4.98 Å². The van der Waals surface area contributed by atoms with Crippen LogP contribution >= 0.6 is 23.1 Å². The van der Waals surface area contributed by atoms with Crippen LogP contribution in [0.1, 0.15) is 23.8 Å². The summed E-state index contributed by atoms with van der Waals surface area (Å²) >= 11 is 3.25. The molecule has 96 valence electrons. The number of aryl methyl sites for hydroxylation is 1. The number of aromatic nitrogens is 2. The molecule has 0 aromatic carbocycles. The predicted molar refractivity (Wildman–Crippen MR) is 77.8 cm³/mol. The molecule has 0 amide bonds. The van der Waals surface area contributed by atoms with Gasteiger partial charge in [0.15, 0.2) is 5.16 Å². The third kappa shape index (κ3) is 1.72. The van der Waals surface area contributed by atoms with Crippen molar-refractivity contribution in [2.75, 3.05) is 6.26 Å². The highest BCUT2D eigenvalue weighted by atomic mass is 32.2. The molecule has 1 aliphatic rings. The molecule has 2 aromatic rings. The van der Waals surface area contributed by atoms with E-state index in [4.69, 9.17) is 0 Å². The van der Waals surface area contributed by atoms with Crippen LogP contribution in [0.5, 0.6) is 0 Å². The third-order valence-corrected chi connectivity index (χ3v) is 5.56. The Morgan fingerprint density at radius 1 is 1.50 bits per heavy atom. The van der Waals surface area contributed by atoms with E-state index in [1.165, 1.54) is 28.6 Å². The zero-order valence-electron chi connectivity index (χ0n) is 10.8. The van der Waals surface area contributed by atoms with Gasteiger partial charge in [-0.2, -0.15) is 0 Å². The second kappa shape index (κ2) is 4.38. The number of thiophene rings is 1. The van der Waals surface area contributed by atoms with Crippen molar-refractivity contribution in [1.29, 1.82) is 0 Å². The van der Waals surface area contributed by atoms with Gasteiger partial charge in [-0.15, -0.1) is 11.3 Å². The van der Waals surface area contributed by atoms with Gasteiger partial charge < -0.3 is 0 Å². The first-order valence-corrected chi connectivity index (χ1v) is 8.21. The third-order valence-electron chi connectivity index (χ3n) is 3.68. The number of hydrogen-bond acceptors (Lipinski definition) is 4. The van der Waals surface area contributed by atoms with Crippen LogP contribution in [0.2, 0.25) is 0 Å². The fourth-order valence-corrected chi connectivity index (χ4v) is 4.61. The lowest BCUT2D eigenvalue weighted by Gasteiger charge is -2.17. The van der Waals surface area contributed by atoms with E-state index in [1.807, 2.05) is 13.3 Å². The highest BCUT2D eigenvalue weighted by Gasteiger charge is 2.23. The monoisotopic (exact) mass is 280 g/mol. The van der Waals surface area contributed by atoms with Crippen LogP contribution in [0.15, 0.2) is 9.95 Å². The first-order chi connectivity index (χ1) is 8.61. The molecular formula is C13H16N2OS2. The smallest absolute Gasteiger partial charge is 0.262 e. The van der Waals surface area contributed by atoms with Gasteiger partial charge in [-0.05, 0) is 37.0 Å².